The Bertz CT molecular complexity index is 279. The number of carbonyl (C=O) groups is 1. The quantitative estimate of drug-likeness (QED) is 0.353. The Kier molecular flexibility index (Phi) is 16.8. The van der Waals surface area contributed by atoms with Crippen molar-refractivity contribution in [2.75, 3.05) is 20.6 Å². The van der Waals surface area contributed by atoms with Crippen LogP contribution < -0.4 is 5.32 Å². The SMILES string of the molecule is CCCCCCCCCCCCCCNC(=O)C(CCC)N(C)C. The van der Waals surface area contributed by atoms with E-state index in [0.29, 0.717) is 0 Å². The topological polar surface area (TPSA) is 32.3 Å². The summed E-state index contributed by atoms with van der Waals surface area (Å²) in [5.74, 6) is 0.199. The molecule has 0 saturated carbocycles. The van der Waals surface area contributed by atoms with Crippen LogP contribution in [0.15, 0.2) is 0 Å². The molecular formula is C21H44N2O. The lowest BCUT2D eigenvalue weighted by molar-refractivity contribution is -0.125. The summed E-state index contributed by atoms with van der Waals surface area (Å²) in [5.41, 5.74) is 0. The molecule has 0 radical (unpaired) electrons. The summed E-state index contributed by atoms with van der Waals surface area (Å²) >= 11 is 0. The van der Waals surface area contributed by atoms with Crippen LogP contribution in [-0.2, 0) is 4.79 Å². The van der Waals surface area contributed by atoms with Crippen molar-refractivity contribution in [3.63, 3.8) is 0 Å². The van der Waals surface area contributed by atoms with Crippen molar-refractivity contribution >= 4 is 5.91 Å². The normalized spacial score (nSPS) is 12.5. The van der Waals surface area contributed by atoms with E-state index in [1.165, 1.54) is 70.6 Å². The Balaban J connectivity index is 3.37. The second-order valence-corrected chi connectivity index (χ2v) is 7.45. The highest BCUT2D eigenvalue weighted by Crippen LogP contribution is 2.11. The summed E-state index contributed by atoms with van der Waals surface area (Å²) in [6.07, 6.45) is 18.3. The van der Waals surface area contributed by atoms with Crippen LogP contribution in [0.3, 0.4) is 0 Å². The van der Waals surface area contributed by atoms with Gasteiger partial charge in [0, 0.05) is 6.54 Å². The molecule has 0 heterocycles. The highest BCUT2D eigenvalue weighted by atomic mass is 16.2. The number of hydrogen-bond donors (Lipinski definition) is 1. The van der Waals surface area contributed by atoms with Gasteiger partial charge >= 0.3 is 0 Å². The molecule has 0 aromatic rings. The molecule has 1 atom stereocenters. The van der Waals surface area contributed by atoms with E-state index in [2.05, 4.69) is 19.2 Å². The highest BCUT2D eigenvalue weighted by Gasteiger charge is 2.18. The van der Waals surface area contributed by atoms with Gasteiger partial charge in [-0.1, -0.05) is 90.9 Å². The summed E-state index contributed by atoms with van der Waals surface area (Å²) in [4.78, 5) is 14.2. The third kappa shape index (κ3) is 13.8. The molecule has 0 fully saturated rings. The largest absolute Gasteiger partial charge is 0.355 e. The number of amides is 1. The van der Waals surface area contributed by atoms with E-state index in [4.69, 9.17) is 0 Å². The van der Waals surface area contributed by atoms with Crippen LogP contribution in [0.5, 0.6) is 0 Å². The summed E-state index contributed by atoms with van der Waals surface area (Å²) in [6.45, 7) is 5.25. The van der Waals surface area contributed by atoms with Crippen LogP contribution >= 0.6 is 0 Å². The zero-order chi connectivity index (χ0) is 18.0. The first kappa shape index (κ1) is 23.4. The maximum absolute atomic E-state index is 12.1. The predicted molar refractivity (Wildman–Crippen MR) is 106 cm³/mol. The van der Waals surface area contributed by atoms with Crippen molar-refractivity contribution in [2.24, 2.45) is 0 Å². The molecule has 24 heavy (non-hydrogen) atoms. The lowest BCUT2D eigenvalue weighted by Gasteiger charge is -2.22. The Morgan fingerprint density at radius 2 is 1.21 bits per heavy atom. The minimum absolute atomic E-state index is 0.0346. The molecule has 144 valence electrons. The highest BCUT2D eigenvalue weighted by molar-refractivity contribution is 5.81. The van der Waals surface area contributed by atoms with E-state index in [0.717, 1.165) is 25.8 Å². The van der Waals surface area contributed by atoms with Crippen molar-refractivity contribution in [3.8, 4) is 0 Å². The van der Waals surface area contributed by atoms with Gasteiger partial charge in [-0.3, -0.25) is 9.69 Å². The molecule has 0 spiro atoms. The smallest absolute Gasteiger partial charge is 0.237 e. The Hall–Kier alpha value is -0.570. The molecule has 0 saturated heterocycles. The average Bonchev–Trinajstić information content (AvgIpc) is 2.56. The van der Waals surface area contributed by atoms with Crippen LogP contribution in [0.1, 0.15) is 104 Å². The van der Waals surface area contributed by atoms with Gasteiger partial charge in [-0.25, -0.2) is 0 Å². The third-order valence-electron chi connectivity index (χ3n) is 4.82. The molecule has 0 aliphatic heterocycles. The van der Waals surface area contributed by atoms with Gasteiger partial charge in [-0.2, -0.15) is 0 Å². The Labute approximate surface area is 152 Å². The second-order valence-electron chi connectivity index (χ2n) is 7.45. The first-order valence-corrected chi connectivity index (χ1v) is 10.6. The van der Waals surface area contributed by atoms with E-state index < -0.39 is 0 Å². The standard InChI is InChI=1S/C21H44N2O/c1-5-7-8-9-10-11-12-13-14-15-16-17-19-22-21(24)20(18-6-2)23(3)4/h20H,5-19H2,1-4H3,(H,22,24). The lowest BCUT2D eigenvalue weighted by Crippen LogP contribution is -2.43. The Morgan fingerprint density at radius 1 is 0.750 bits per heavy atom. The molecule has 1 amide bonds. The van der Waals surface area contributed by atoms with Crippen LogP contribution in [-0.4, -0.2) is 37.5 Å². The van der Waals surface area contributed by atoms with Gasteiger partial charge in [-0.15, -0.1) is 0 Å². The molecule has 0 bridgehead atoms. The zero-order valence-corrected chi connectivity index (χ0v) is 17.0. The Morgan fingerprint density at radius 3 is 1.62 bits per heavy atom. The van der Waals surface area contributed by atoms with Gasteiger partial charge in [0.1, 0.15) is 0 Å². The summed E-state index contributed by atoms with van der Waals surface area (Å²) in [7, 11) is 3.98. The fraction of sp³-hybridized carbons (Fsp3) is 0.952. The van der Waals surface area contributed by atoms with Gasteiger partial charge in [0.15, 0.2) is 0 Å². The van der Waals surface area contributed by atoms with Gasteiger partial charge in [0.25, 0.3) is 0 Å². The van der Waals surface area contributed by atoms with Crippen molar-refractivity contribution in [3.05, 3.63) is 0 Å². The number of rotatable bonds is 17. The zero-order valence-electron chi connectivity index (χ0n) is 17.0. The molecule has 0 aromatic carbocycles. The predicted octanol–water partition coefficient (Wildman–Crippen LogP) is 5.53. The monoisotopic (exact) mass is 340 g/mol. The molecule has 1 N–H and O–H groups in total. The molecule has 0 aliphatic rings. The average molecular weight is 341 g/mol. The maximum atomic E-state index is 12.1. The van der Waals surface area contributed by atoms with Crippen LogP contribution in [0, 0.1) is 0 Å². The van der Waals surface area contributed by atoms with Crippen molar-refractivity contribution in [1.82, 2.24) is 10.2 Å². The molecule has 0 aromatic heterocycles. The lowest BCUT2D eigenvalue weighted by atomic mass is 10.1. The number of nitrogens with zero attached hydrogens (tertiary/aromatic N) is 1. The summed E-state index contributed by atoms with van der Waals surface area (Å²) in [5, 5.41) is 3.10. The van der Waals surface area contributed by atoms with Gasteiger partial charge in [0.2, 0.25) is 5.91 Å². The van der Waals surface area contributed by atoms with Gasteiger partial charge < -0.3 is 5.32 Å². The molecule has 3 heteroatoms. The number of likely N-dealkylation sites (N-methyl/N-ethyl adjacent to an activating group) is 1. The molecule has 1 unspecified atom stereocenters. The van der Waals surface area contributed by atoms with Crippen molar-refractivity contribution < 1.29 is 4.79 Å². The van der Waals surface area contributed by atoms with E-state index in [1.54, 1.807) is 0 Å². The fourth-order valence-corrected chi connectivity index (χ4v) is 3.19. The summed E-state index contributed by atoms with van der Waals surface area (Å²) in [6, 6.07) is 0.0346. The van der Waals surface area contributed by atoms with E-state index in [-0.39, 0.29) is 11.9 Å². The van der Waals surface area contributed by atoms with Crippen LogP contribution in [0.4, 0.5) is 0 Å². The second kappa shape index (κ2) is 17.3. The first-order valence-electron chi connectivity index (χ1n) is 10.6. The number of unbranched alkanes of at least 4 members (excludes halogenated alkanes) is 11. The number of carbonyl (C=O) groups excluding carboxylic acids is 1. The van der Waals surface area contributed by atoms with E-state index >= 15 is 0 Å². The van der Waals surface area contributed by atoms with Gasteiger partial charge in [0.05, 0.1) is 6.04 Å². The molecule has 3 nitrogen and oxygen atoms in total. The van der Waals surface area contributed by atoms with E-state index in [1.807, 2.05) is 19.0 Å². The van der Waals surface area contributed by atoms with Crippen molar-refractivity contribution in [2.45, 2.75) is 110 Å². The number of nitrogens with one attached hydrogen (secondary N) is 1. The first-order chi connectivity index (χ1) is 11.6. The van der Waals surface area contributed by atoms with Gasteiger partial charge in [-0.05, 0) is 26.9 Å². The fourth-order valence-electron chi connectivity index (χ4n) is 3.19. The minimum Gasteiger partial charge on any atom is -0.355 e. The number of hydrogen-bond acceptors (Lipinski definition) is 2. The van der Waals surface area contributed by atoms with Crippen LogP contribution in [0.2, 0.25) is 0 Å². The summed E-state index contributed by atoms with van der Waals surface area (Å²) < 4.78 is 0. The van der Waals surface area contributed by atoms with E-state index in [9.17, 15) is 4.79 Å². The van der Waals surface area contributed by atoms with Crippen LogP contribution in [0.25, 0.3) is 0 Å². The molecule has 0 rings (SSSR count). The molecule has 0 aliphatic carbocycles. The molecular weight excluding hydrogens is 296 g/mol. The maximum Gasteiger partial charge on any atom is 0.237 e. The third-order valence-corrected chi connectivity index (χ3v) is 4.82. The minimum atomic E-state index is 0.0346. The van der Waals surface area contributed by atoms with Crippen molar-refractivity contribution in [1.29, 1.82) is 0 Å².